The third-order valence-corrected chi connectivity index (χ3v) is 8.45. The molecule has 0 unspecified atom stereocenters. The van der Waals surface area contributed by atoms with Crippen LogP contribution in [0.4, 0.5) is 16.4 Å². The Morgan fingerprint density at radius 3 is 2.73 bits per heavy atom. The Hall–Kier alpha value is -5.55. The van der Waals surface area contributed by atoms with E-state index in [1.165, 1.54) is 0 Å². The highest BCUT2D eigenvalue weighted by Crippen LogP contribution is 2.31. The van der Waals surface area contributed by atoms with Crippen LogP contribution in [0.25, 0.3) is 27.7 Å². The molecular formula is C37H38N8O3. The number of hydrogen-bond acceptors (Lipinski definition) is 9. The molecule has 6 aromatic rings. The van der Waals surface area contributed by atoms with Crippen molar-refractivity contribution < 1.29 is 14.3 Å². The summed E-state index contributed by atoms with van der Waals surface area (Å²) in [5, 5.41) is 16.3. The number of benzene rings is 3. The van der Waals surface area contributed by atoms with E-state index in [2.05, 4.69) is 47.0 Å². The zero-order valence-corrected chi connectivity index (χ0v) is 27.0. The van der Waals surface area contributed by atoms with Crippen molar-refractivity contribution >= 4 is 34.1 Å². The number of carbonyl (C=O) groups is 1. The molecule has 0 aliphatic carbocycles. The first-order chi connectivity index (χ1) is 23.5. The van der Waals surface area contributed by atoms with Gasteiger partial charge in [-0.05, 0) is 60.0 Å². The van der Waals surface area contributed by atoms with Crippen molar-refractivity contribution in [3.05, 3.63) is 108 Å². The fraction of sp³-hybridized carbons (Fsp3) is 0.270. The SMILES string of the molecule is CC(C)c1cnn2c(NCc3ccccc3-c3nccc4cc(NC(=O)OCc5ccccc5)ccc34)nc(O[C@@H]3CCCNC3)nc12. The standard InChI is InChI=1S/C37H38N8O3/c1-24(2)32-22-41-45-34(32)43-36(48-29-12-8-17-38-21-29)44-35(45)40-20-27-11-6-7-13-30(27)33-31-15-14-28(19-26(31)16-18-39-33)42-37(46)47-23-25-9-4-3-5-10-25/h3-7,9-11,13-16,18-19,22,24,29,38H,8,12,17,20-21,23H2,1-2H3,(H,42,46)(H,40,43,44)/t29-/m1/s1. The minimum absolute atomic E-state index is 0.0216. The van der Waals surface area contributed by atoms with Gasteiger partial charge in [0, 0.05) is 41.5 Å². The third kappa shape index (κ3) is 6.91. The smallest absolute Gasteiger partial charge is 0.411 e. The third-order valence-electron chi connectivity index (χ3n) is 8.45. The first-order valence-corrected chi connectivity index (χ1v) is 16.3. The molecule has 0 saturated carbocycles. The van der Waals surface area contributed by atoms with E-state index in [9.17, 15) is 4.79 Å². The molecule has 3 aromatic heterocycles. The van der Waals surface area contributed by atoms with Gasteiger partial charge in [0.05, 0.1) is 11.9 Å². The first kappa shape index (κ1) is 31.1. The van der Waals surface area contributed by atoms with Crippen LogP contribution in [0.1, 0.15) is 49.3 Å². The molecule has 1 atom stereocenters. The average molecular weight is 643 g/mol. The molecule has 11 heteroatoms. The number of nitrogens with zero attached hydrogens (tertiary/aromatic N) is 5. The van der Waals surface area contributed by atoms with Crippen LogP contribution in [-0.4, -0.2) is 49.9 Å². The number of aromatic nitrogens is 5. The zero-order chi connectivity index (χ0) is 32.9. The summed E-state index contributed by atoms with van der Waals surface area (Å²) in [4.78, 5) is 26.8. The van der Waals surface area contributed by atoms with Gasteiger partial charge in [0.15, 0.2) is 5.65 Å². The van der Waals surface area contributed by atoms with Gasteiger partial charge in [-0.15, -0.1) is 0 Å². The predicted molar refractivity (Wildman–Crippen MR) is 186 cm³/mol. The summed E-state index contributed by atoms with van der Waals surface area (Å²) in [6.07, 6.45) is 5.17. The van der Waals surface area contributed by atoms with Gasteiger partial charge in [0.2, 0.25) is 5.95 Å². The summed E-state index contributed by atoms with van der Waals surface area (Å²) in [7, 11) is 0. The normalized spacial score (nSPS) is 14.7. The van der Waals surface area contributed by atoms with Crippen molar-refractivity contribution in [3.63, 3.8) is 0 Å². The quantitative estimate of drug-likeness (QED) is 0.145. The molecule has 1 amide bonds. The Balaban J connectivity index is 1.12. The molecule has 4 heterocycles. The van der Waals surface area contributed by atoms with Gasteiger partial charge in [0.25, 0.3) is 0 Å². The topological polar surface area (TPSA) is 128 Å². The summed E-state index contributed by atoms with van der Waals surface area (Å²) in [6, 6.07) is 25.8. The van der Waals surface area contributed by atoms with Crippen LogP contribution in [-0.2, 0) is 17.9 Å². The highest BCUT2D eigenvalue weighted by molar-refractivity contribution is 5.98. The largest absolute Gasteiger partial charge is 0.459 e. The minimum Gasteiger partial charge on any atom is -0.459 e. The number of anilines is 2. The van der Waals surface area contributed by atoms with Crippen molar-refractivity contribution in [1.82, 2.24) is 29.9 Å². The number of ether oxygens (including phenoxy) is 2. The van der Waals surface area contributed by atoms with Gasteiger partial charge < -0.3 is 20.1 Å². The van der Waals surface area contributed by atoms with Crippen molar-refractivity contribution in [2.24, 2.45) is 0 Å². The molecule has 0 bridgehead atoms. The second-order valence-corrected chi connectivity index (χ2v) is 12.2. The molecule has 244 valence electrons. The van der Waals surface area contributed by atoms with Gasteiger partial charge in [0.1, 0.15) is 12.7 Å². The summed E-state index contributed by atoms with van der Waals surface area (Å²) in [6.45, 7) is 6.69. The lowest BCUT2D eigenvalue weighted by atomic mass is 9.99. The maximum atomic E-state index is 12.5. The Kier molecular flexibility index (Phi) is 9.10. The van der Waals surface area contributed by atoms with Crippen molar-refractivity contribution in [3.8, 4) is 17.3 Å². The monoisotopic (exact) mass is 642 g/mol. The number of fused-ring (bicyclic) bond motifs is 2. The fourth-order valence-corrected chi connectivity index (χ4v) is 5.95. The van der Waals surface area contributed by atoms with Gasteiger partial charge in [-0.1, -0.05) is 74.5 Å². The summed E-state index contributed by atoms with van der Waals surface area (Å²) in [5.74, 6) is 0.796. The second kappa shape index (κ2) is 14.1. The summed E-state index contributed by atoms with van der Waals surface area (Å²) >= 11 is 0. The van der Waals surface area contributed by atoms with E-state index in [-0.39, 0.29) is 18.6 Å². The van der Waals surface area contributed by atoms with Crippen LogP contribution in [0.2, 0.25) is 0 Å². The van der Waals surface area contributed by atoms with E-state index in [1.54, 1.807) is 10.7 Å². The van der Waals surface area contributed by atoms with Gasteiger partial charge in [-0.3, -0.25) is 10.3 Å². The highest BCUT2D eigenvalue weighted by atomic mass is 16.5. The maximum absolute atomic E-state index is 12.5. The van der Waals surface area contributed by atoms with Crippen molar-refractivity contribution in [2.45, 2.75) is 51.9 Å². The number of pyridine rings is 1. The Labute approximate surface area is 278 Å². The lowest BCUT2D eigenvalue weighted by Crippen LogP contribution is -2.37. The first-order valence-electron chi connectivity index (χ1n) is 16.3. The molecule has 1 aliphatic heterocycles. The summed E-state index contributed by atoms with van der Waals surface area (Å²) in [5.41, 5.74) is 6.19. The summed E-state index contributed by atoms with van der Waals surface area (Å²) < 4.78 is 13.4. The second-order valence-electron chi connectivity index (χ2n) is 12.2. The van der Waals surface area contributed by atoms with Gasteiger partial charge >= 0.3 is 12.1 Å². The minimum atomic E-state index is -0.510. The van der Waals surface area contributed by atoms with E-state index in [4.69, 9.17) is 24.4 Å². The van der Waals surface area contributed by atoms with Gasteiger partial charge in [-0.2, -0.15) is 19.6 Å². The maximum Gasteiger partial charge on any atom is 0.411 e. The fourth-order valence-electron chi connectivity index (χ4n) is 5.95. The molecule has 1 aliphatic rings. The zero-order valence-electron chi connectivity index (χ0n) is 27.0. The van der Waals surface area contributed by atoms with Crippen LogP contribution in [0.3, 0.4) is 0 Å². The number of nitrogens with one attached hydrogen (secondary N) is 3. The highest BCUT2D eigenvalue weighted by Gasteiger charge is 2.20. The molecule has 7 rings (SSSR count). The Bertz CT molecular complexity index is 2040. The number of rotatable bonds is 10. The molecule has 0 radical (unpaired) electrons. The van der Waals surface area contributed by atoms with E-state index >= 15 is 0 Å². The van der Waals surface area contributed by atoms with Crippen LogP contribution >= 0.6 is 0 Å². The lowest BCUT2D eigenvalue weighted by molar-refractivity contribution is 0.153. The number of piperidine rings is 1. The Morgan fingerprint density at radius 2 is 1.90 bits per heavy atom. The average Bonchev–Trinajstić information content (AvgIpc) is 3.55. The van der Waals surface area contributed by atoms with E-state index < -0.39 is 6.09 Å². The van der Waals surface area contributed by atoms with Crippen LogP contribution in [0.5, 0.6) is 6.01 Å². The molecule has 3 aromatic carbocycles. The number of amides is 1. The number of carbonyl (C=O) groups excluding carboxylic acids is 1. The van der Waals surface area contributed by atoms with Crippen LogP contribution < -0.4 is 20.7 Å². The van der Waals surface area contributed by atoms with Crippen LogP contribution in [0.15, 0.2) is 91.3 Å². The number of hydrogen-bond donors (Lipinski definition) is 3. The molecule has 0 spiro atoms. The van der Waals surface area contributed by atoms with Crippen molar-refractivity contribution in [1.29, 1.82) is 0 Å². The van der Waals surface area contributed by atoms with E-state index in [0.29, 0.717) is 24.2 Å². The van der Waals surface area contributed by atoms with Gasteiger partial charge in [-0.25, -0.2) is 4.79 Å². The molecule has 1 fully saturated rings. The molecule has 11 nitrogen and oxygen atoms in total. The molecule has 1 saturated heterocycles. The molecule has 48 heavy (non-hydrogen) atoms. The van der Waals surface area contributed by atoms with Crippen LogP contribution in [0, 0.1) is 0 Å². The van der Waals surface area contributed by atoms with E-state index in [0.717, 1.165) is 70.3 Å². The molecular weight excluding hydrogens is 604 g/mol. The van der Waals surface area contributed by atoms with E-state index in [1.807, 2.05) is 72.9 Å². The Morgan fingerprint density at radius 1 is 1.04 bits per heavy atom. The van der Waals surface area contributed by atoms with Crippen molar-refractivity contribution in [2.75, 3.05) is 23.7 Å². The predicted octanol–water partition coefficient (Wildman–Crippen LogP) is 6.95. The molecule has 3 N–H and O–H groups in total. The lowest BCUT2D eigenvalue weighted by Gasteiger charge is -2.23.